The Hall–Kier alpha value is -0.460. The van der Waals surface area contributed by atoms with Crippen LogP contribution in [-0.4, -0.2) is 41.4 Å². The Morgan fingerprint density at radius 1 is 1.47 bits per heavy atom. The van der Waals surface area contributed by atoms with Gasteiger partial charge in [-0.25, -0.2) is 0 Å². The number of halogens is 1. The molecule has 1 aliphatic heterocycles. The molecule has 2 N–H and O–H groups in total. The van der Waals surface area contributed by atoms with Gasteiger partial charge in [-0.1, -0.05) is 28.1 Å². The Kier molecular flexibility index (Phi) is 5.36. The van der Waals surface area contributed by atoms with E-state index in [-0.39, 0.29) is 0 Å². The van der Waals surface area contributed by atoms with Crippen molar-refractivity contribution < 1.29 is 14.9 Å². The summed E-state index contributed by atoms with van der Waals surface area (Å²) in [6.07, 6.45) is 0.969. The van der Waals surface area contributed by atoms with Gasteiger partial charge in [-0.05, 0) is 31.0 Å². The van der Waals surface area contributed by atoms with Crippen LogP contribution in [0.5, 0.6) is 0 Å². The quantitative estimate of drug-likeness (QED) is 0.812. The van der Waals surface area contributed by atoms with Crippen LogP contribution in [0.15, 0.2) is 22.7 Å². The van der Waals surface area contributed by atoms with Crippen LogP contribution >= 0.6 is 15.9 Å². The number of hydrogen-bond acceptors (Lipinski definition) is 4. The monoisotopic (exact) mass is 329 g/mol. The first-order valence-electron chi connectivity index (χ1n) is 6.49. The van der Waals surface area contributed by atoms with E-state index in [1.165, 1.54) is 12.8 Å². The van der Waals surface area contributed by atoms with E-state index in [0.717, 1.165) is 29.7 Å². The van der Waals surface area contributed by atoms with Crippen molar-refractivity contribution in [3.63, 3.8) is 0 Å². The second-order valence-electron chi connectivity index (χ2n) is 4.95. The maximum atomic E-state index is 9.14. The molecule has 4 nitrogen and oxygen atoms in total. The first kappa shape index (κ1) is 14.9. The maximum Gasteiger partial charge on any atom is 0.178 e. The minimum Gasteiger partial charge on any atom is -0.383 e. The van der Waals surface area contributed by atoms with E-state index in [1.807, 2.05) is 6.07 Å². The molecule has 1 unspecified atom stereocenters. The number of benzene rings is 1. The van der Waals surface area contributed by atoms with Crippen LogP contribution < -0.4 is 0 Å². The van der Waals surface area contributed by atoms with E-state index in [4.69, 9.17) is 14.9 Å². The first-order valence-corrected chi connectivity index (χ1v) is 7.28. The van der Waals surface area contributed by atoms with Gasteiger partial charge >= 0.3 is 0 Å². The molecule has 1 fully saturated rings. The molecule has 0 saturated carbocycles. The van der Waals surface area contributed by atoms with Gasteiger partial charge < -0.3 is 14.9 Å². The van der Waals surface area contributed by atoms with Crippen molar-refractivity contribution in [3.8, 4) is 0 Å². The highest BCUT2D eigenvalue weighted by Gasteiger charge is 2.24. The maximum absolute atomic E-state index is 9.14. The SMILES string of the molecule is COCC1CCCN1Cc1ccc(C(O)O)cc1Br. The van der Waals surface area contributed by atoms with Gasteiger partial charge in [-0.15, -0.1) is 0 Å². The average Bonchev–Trinajstić information content (AvgIpc) is 2.79. The summed E-state index contributed by atoms with van der Waals surface area (Å²) in [6.45, 7) is 2.71. The van der Waals surface area contributed by atoms with Crippen molar-refractivity contribution in [2.75, 3.05) is 20.3 Å². The van der Waals surface area contributed by atoms with Crippen molar-refractivity contribution in [1.29, 1.82) is 0 Å². The molecule has 1 atom stereocenters. The molecule has 0 spiro atoms. The number of hydrogen-bond donors (Lipinski definition) is 2. The van der Waals surface area contributed by atoms with Gasteiger partial charge in [0, 0.05) is 29.7 Å². The Bertz CT molecular complexity index is 425. The third-order valence-corrected chi connectivity index (χ3v) is 4.35. The summed E-state index contributed by atoms with van der Waals surface area (Å²) >= 11 is 3.50. The lowest BCUT2D eigenvalue weighted by molar-refractivity contribution is -0.0425. The van der Waals surface area contributed by atoms with Gasteiger partial charge in [0.15, 0.2) is 6.29 Å². The molecule has 1 aromatic carbocycles. The minimum atomic E-state index is -1.42. The smallest absolute Gasteiger partial charge is 0.178 e. The molecule has 0 aliphatic carbocycles. The molecule has 19 heavy (non-hydrogen) atoms. The molecule has 0 aromatic heterocycles. The largest absolute Gasteiger partial charge is 0.383 e. The lowest BCUT2D eigenvalue weighted by Crippen LogP contribution is -2.32. The minimum absolute atomic E-state index is 0.486. The highest BCUT2D eigenvalue weighted by atomic mass is 79.9. The third-order valence-electron chi connectivity index (χ3n) is 3.61. The van der Waals surface area contributed by atoms with E-state index < -0.39 is 6.29 Å². The van der Waals surface area contributed by atoms with Crippen LogP contribution in [-0.2, 0) is 11.3 Å². The lowest BCUT2D eigenvalue weighted by atomic mass is 10.1. The third kappa shape index (κ3) is 3.77. The number of ether oxygens (including phenoxy) is 1. The van der Waals surface area contributed by atoms with Crippen LogP contribution in [0.1, 0.15) is 30.3 Å². The predicted molar refractivity (Wildman–Crippen MR) is 76.6 cm³/mol. The van der Waals surface area contributed by atoms with Crippen LogP contribution in [0, 0.1) is 0 Å². The van der Waals surface area contributed by atoms with Gasteiger partial charge in [0.25, 0.3) is 0 Å². The Labute approximate surface area is 122 Å². The van der Waals surface area contributed by atoms with Gasteiger partial charge in [0.1, 0.15) is 0 Å². The zero-order valence-electron chi connectivity index (χ0n) is 11.1. The summed E-state index contributed by atoms with van der Waals surface area (Å²) in [4.78, 5) is 2.42. The molecule has 0 radical (unpaired) electrons. The predicted octanol–water partition coefficient (Wildman–Crippen LogP) is 2.04. The summed E-state index contributed by atoms with van der Waals surface area (Å²) in [5.74, 6) is 0. The summed E-state index contributed by atoms with van der Waals surface area (Å²) in [5, 5.41) is 18.3. The number of methoxy groups -OCH3 is 1. The van der Waals surface area contributed by atoms with E-state index in [1.54, 1.807) is 19.2 Å². The number of rotatable bonds is 5. The molecule has 2 rings (SSSR count). The molecule has 106 valence electrons. The summed E-state index contributed by atoms with van der Waals surface area (Å²) in [6, 6.07) is 5.95. The summed E-state index contributed by atoms with van der Waals surface area (Å²) in [7, 11) is 1.74. The van der Waals surface area contributed by atoms with E-state index in [9.17, 15) is 0 Å². The Morgan fingerprint density at radius 3 is 2.89 bits per heavy atom. The van der Waals surface area contributed by atoms with Crippen molar-refractivity contribution in [2.24, 2.45) is 0 Å². The molecule has 0 amide bonds. The van der Waals surface area contributed by atoms with Crippen molar-refractivity contribution in [3.05, 3.63) is 33.8 Å². The average molecular weight is 330 g/mol. The molecule has 1 aliphatic rings. The van der Waals surface area contributed by atoms with Crippen molar-refractivity contribution in [2.45, 2.75) is 31.7 Å². The van der Waals surface area contributed by atoms with E-state index in [0.29, 0.717) is 11.6 Å². The summed E-state index contributed by atoms with van der Waals surface area (Å²) in [5.41, 5.74) is 1.66. The van der Waals surface area contributed by atoms with Crippen LogP contribution in [0.4, 0.5) is 0 Å². The first-order chi connectivity index (χ1) is 9.11. The lowest BCUT2D eigenvalue weighted by Gasteiger charge is -2.24. The van der Waals surface area contributed by atoms with Crippen molar-refractivity contribution >= 4 is 15.9 Å². The number of aliphatic hydroxyl groups excluding tert-OH is 1. The Morgan fingerprint density at radius 2 is 2.26 bits per heavy atom. The van der Waals surface area contributed by atoms with Gasteiger partial charge in [0.05, 0.1) is 6.61 Å². The zero-order valence-corrected chi connectivity index (χ0v) is 12.6. The highest BCUT2D eigenvalue weighted by molar-refractivity contribution is 9.10. The van der Waals surface area contributed by atoms with Gasteiger partial charge in [0.2, 0.25) is 0 Å². The second-order valence-corrected chi connectivity index (χ2v) is 5.80. The standard InChI is InChI=1S/C14H20BrNO3/c1-19-9-12-3-2-6-16(12)8-11-5-4-10(14(17)18)7-13(11)15/h4-5,7,12,14,17-18H,2-3,6,8-9H2,1H3. The topological polar surface area (TPSA) is 52.9 Å². The molecular formula is C14H20BrNO3. The van der Waals surface area contributed by atoms with Crippen LogP contribution in [0.25, 0.3) is 0 Å². The van der Waals surface area contributed by atoms with Gasteiger partial charge in [-0.3, -0.25) is 4.90 Å². The second kappa shape index (κ2) is 6.81. The zero-order chi connectivity index (χ0) is 13.8. The van der Waals surface area contributed by atoms with Crippen LogP contribution in [0.2, 0.25) is 0 Å². The molecule has 1 aromatic rings. The Balaban J connectivity index is 2.06. The molecule has 5 heteroatoms. The number of aliphatic hydroxyl groups is 2. The van der Waals surface area contributed by atoms with Crippen molar-refractivity contribution in [1.82, 2.24) is 4.90 Å². The van der Waals surface area contributed by atoms with Gasteiger partial charge in [-0.2, -0.15) is 0 Å². The fourth-order valence-electron chi connectivity index (χ4n) is 2.56. The molecule has 0 bridgehead atoms. The highest BCUT2D eigenvalue weighted by Crippen LogP contribution is 2.26. The molecular weight excluding hydrogens is 310 g/mol. The number of nitrogens with zero attached hydrogens (tertiary/aromatic N) is 1. The van der Waals surface area contributed by atoms with E-state index in [2.05, 4.69) is 20.8 Å². The fraction of sp³-hybridized carbons (Fsp3) is 0.571. The molecule has 1 heterocycles. The molecule has 1 saturated heterocycles. The number of likely N-dealkylation sites (tertiary alicyclic amines) is 1. The summed E-state index contributed by atoms with van der Waals surface area (Å²) < 4.78 is 6.17. The normalized spacial score (nSPS) is 20.4. The fourth-order valence-corrected chi connectivity index (χ4v) is 3.08. The van der Waals surface area contributed by atoms with Crippen LogP contribution in [0.3, 0.4) is 0 Å². The van der Waals surface area contributed by atoms with E-state index >= 15 is 0 Å².